The third-order valence-electron chi connectivity index (χ3n) is 1.75. The lowest BCUT2D eigenvalue weighted by molar-refractivity contribution is 0.269. The molecule has 0 aliphatic heterocycles. The van der Waals surface area contributed by atoms with E-state index in [-0.39, 0.29) is 12.6 Å². The van der Waals surface area contributed by atoms with Gasteiger partial charge in [-0.15, -0.1) is 11.3 Å². The van der Waals surface area contributed by atoms with Gasteiger partial charge in [0, 0.05) is 9.75 Å². The molecule has 0 amide bonds. The lowest BCUT2D eigenvalue weighted by atomic mass is 10.2. The zero-order chi connectivity index (χ0) is 8.43. The van der Waals surface area contributed by atoms with E-state index in [0.717, 1.165) is 4.88 Å². The average Bonchev–Trinajstić information content (AvgIpc) is 2.31. The third kappa shape index (κ3) is 1.80. The van der Waals surface area contributed by atoms with Gasteiger partial charge in [0.2, 0.25) is 0 Å². The van der Waals surface area contributed by atoms with E-state index in [1.807, 2.05) is 6.07 Å². The normalized spacial score (nSPS) is 13.5. The van der Waals surface area contributed by atoms with Crippen molar-refractivity contribution < 1.29 is 5.11 Å². The Labute approximate surface area is 70.7 Å². The van der Waals surface area contributed by atoms with Crippen molar-refractivity contribution in [2.24, 2.45) is 5.73 Å². The van der Waals surface area contributed by atoms with E-state index < -0.39 is 0 Å². The minimum Gasteiger partial charge on any atom is -0.394 e. The second-order valence-corrected chi connectivity index (χ2v) is 3.96. The van der Waals surface area contributed by atoms with Gasteiger partial charge in [-0.2, -0.15) is 0 Å². The van der Waals surface area contributed by atoms with Crippen LogP contribution in [-0.2, 0) is 0 Å². The molecule has 0 radical (unpaired) electrons. The highest BCUT2D eigenvalue weighted by Gasteiger charge is 2.08. The molecule has 1 aromatic rings. The molecule has 1 atom stereocenters. The minimum absolute atomic E-state index is 0.0272. The van der Waals surface area contributed by atoms with E-state index in [1.54, 1.807) is 11.3 Å². The molecule has 62 valence electrons. The molecule has 0 saturated heterocycles. The van der Waals surface area contributed by atoms with Gasteiger partial charge < -0.3 is 10.8 Å². The molecule has 0 aliphatic carbocycles. The van der Waals surface area contributed by atoms with E-state index in [9.17, 15) is 0 Å². The van der Waals surface area contributed by atoms with Crippen LogP contribution in [0.5, 0.6) is 0 Å². The molecule has 1 unspecified atom stereocenters. The van der Waals surface area contributed by atoms with Crippen LogP contribution in [0.15, 0.2) is 6.07 Å². The Morgan fingerprint density at radius 2 is 2.27 bits per heavy atom. The Hall–Kier alpha value is -0.380. The maximum atomic E-state index is 8.77. The van der Waals surface area contributed by atoms with Crippen LogP contribution in [0.1, 0.15) is 21.4 Å². The van der Waals surface area contributed by atoms with E-state index in [0.29, 0.717) is 0 Å². The molecule has 1 aromatic heterocycles. The summed E-state index contributed by atoms with van der Waals surface area (Å²) in [5.41, 5.74) is 6.90. The van der Waals surface area contributed by atoms with Crippen molar-refractivity contribution in [3.63, 3.8) is 0 Å². The second-order valence-electron chi connectivity index (χ2n) is 2.68. The van der Waals surface area contributed by atoms with Crippen molar-refractivity contribution in [3.8, 4) is 0 Å². The summed E-state index contributed by atoms with van der Waals surface area (Å²) in [6.45, 7) is 4.15. The van der Waals surface area contributed by atoms with Crippen LogP contribution >= 0.6 is 11.3 Å². The van der Waals surface area contributed by atoms with Crippen LogP contribution in [0.25, 0.3) is 0 Å². The fourth-order valence-corrected chi connectivity index (χ4v) is 1.91. The predicted octanol–water partition coefficient (Wildman–Crippen LogP) is 1.36. The minimum atomic E-state index is -0.201. The van der Waals surface area contributed by atoms with E-state index in [4.69, 9.17) is 10.8 Å². The monoisotopic (exact) mass is 171 g/mol. The number of aliphatic hydroxyl groups excluding tert-OH is 1. The molecule has 0 fully saturated rings. The van der Waals surface area contributed by atoms with Crippen molar-refractivity contribution in [1.82, 2.24) is 0 Å². The summed E-state index contributed by atoms with van der Waals surface area (Å²) in [6, 6.07) is 1.84. The molecule has 0 aliphatic rings. The van der Waals surface area contributed by atoms with Gasteiger partial charge in [-0.25, -0.2) is 0 Å². The first-order valence-electron chi connectivity index (χ1n) is 3.58. The first-order chi connectivity index (χ1) is 5.15. The van der Waals surface area contributed by atoms with Gasteiger partial charge in [-0.3, -0.25) is 0 Å². The predicted molar refractivity (Wildman–Crippen MR) is 47.8 cm³/mol. The van der Waals surface area contributed by atoms with Crippen LogP contribution in [-0.4, -0.2) is 11.7 Å². The first-order valence-corrected chi connectivity index (χ1v) is 4.40. The second kappa shape index (κ2) is 3.34. The molecule has 0 aromatic carbocycles. The summed E-state index contributed by atoms with van der Waals surface area (Å²) >= 11 is 1.66. The van der Waals surface area contributed by atoms with Crippen LogP contribution in [0.2, 0.25) is 0 Å². The lowest BCUT2D eigenvalue weighted by Crippen LogP contribution is -2.12. The molecule has 1 rings (SSSR count). The van der Waals surface area contributed by atoms with Gasteiger partial charge in [-0.1, -0.05) is 0 Å². The summed E-state index contributed by atoms with van der Waals surface area (Å²) in [7, 11) is 0. The Bertz CT molecular complexity index is 225. The maximum Gasteiger partial charge on any atom is 0.0632 e. The van der Waals surface area contributed by atoms with Crippen molar-refractivity contribution >= 4 is 11.3 Å². The van der Waals surface area contributed by atoms with Gasteiger partial charge in [0.1, 0.15) is 0 Å². The Balaban J connectivity index is 2.88. The smallest absolute Gasteiger partial charge is 0.0632 e. The van der Waals surface area contributed by atoms with Crippen LogP contribution in [0.4, 0.5) is 0 Å². The molecule has 3 N–H and O–H groups in total. The Morgan fingerprint density at radius 3 is 2.64 bits per heavy atom. The summed E-state index contributed by atoms with van der Waals surface area (Å²) in [5, 5.41) is 8.77. The molecular weight excluding hydrogens is 158 g/mol. The van der Waals surface area contributed by atoms with Crippen LogP contribution < -0.4 is 5.73 Å². The average molecular weight is 171 g/mol. The number of rotatable bonds is 2. The topological polar surface area (TPSA) is 46.2 Å². The third-order valence-corrected chi connectivity index (χ3v) is 3.03. The highest BCUT2D eigenvalue weighted by atomic mass is 32.1. The Kier molecular flexibility index (Phi) is 2.65. The van der Waals surface area contributed by atoms with E-state index >= 15 is 0 Å². The molecule has 1 heterocycles. The van der Waals surface area contributed by atoms with Gasteiger partial charge in [0.05, 0.1) is 12.6 Å². The van der Waals surface area contributed by atoms with Crippen molar-refractivity contribution in [3.05, 3.63) is 21.4 Å². The number of nitrogens with two attached hydrogens (primary N) is 1. The summed E-state index contributed by atoms with van der Waals surface area (Å²) < 4.78 is 0. The van der Waals surface area contributed by atoms with Crippen LogP contribution in [0.3, 0.4) is 0 Å². The van der Waals surface area contributed by atoms with Gasteiger partial charge >= 0.3 is 0 Å². The quantitative estimate of drug-likeness (QED) is 0.705. The molecule has 0 spiro atoms. The largest absolute Gasteiger partial charge is 0.394 e. The highest BCUT2D eigenvalue weighted by Crippen LogP contribution is 2.24. The summed E-state index contributed by atoms with van der Waals surface area (Å²) in [4.78, 5) is 2.35. The van der Waals surface area contributed by atoms with Gasteiger partial charge in [0.25, 0.3) is 0 Å². The van der Waals surface area contributed by atoms with Crippen LogP contribution in [0, 0.1) is 13.8 Å². The zero-order valence-corrected chi connectivity index (χ0v) is 7.61. The highest BCUT2D eigenvalue weighted by molar-refractivity contribution is 7.12. The molecule has 11 heavy (non-hydrogen) atoms. The van der Waals surface area contributed by atoms with E-state index in [1.165, 1.54) is 10.4 Å². The first kappa shape index (κ1) is 8.71. The fraction of sp³-hybridized carbons (Fsp3) is 0.500. The number of aryl methyl sites for hydroxylation is 2. The SMILES string of the molecule is Cc1cc(C(N)CO)sc1C. The van der Waals surface area contributed by atoms with Crippen molar-refractivity contribution in [1.29, 1.82) is 0 Å². The Morgan fingerprint density at radius 1 is 1.64 bits per heavy atom. The van der Waals surface area contributed by atoms with E-state index in [2.05, 4.69) is 13.8 Å². The summed E-state index contributed by atoms with van der Waals surface area (Å²) in [6.07, 6.45) is 0. The lowest BCUT2D eigenvalue weighted by Gasteiger charge is -2.02. The number of hydrogen-bond donors (Lipinski definition) is 2. The molecule has 0 saturated carbocycles. The number of hydrogen-bond acceptors (Lipinski definition) is 3. The maximum absolute atomic E-state index is 8.77. The van der Waals surface area contributed by atoms with Gasteiger partial charge in [-0.05, 0) is 25.5 Å². The number of aliphatic hydroxyl groups is 1. The summed E-state index contributed by atoms with van der Waals surface area (Å²) in [5.74, 6) is 0. The van der Waals surface area contributed by atoms with Gasteiger partial charge in [0.15, 0.2) is 0 Å². The zero-order valence-electron chi connectivity index (χ0n) is 6.79. The molecule has 2 nitrogen and oxygen atoms in total. The van der Waals surface area contributed by atoms with Crippen molar-refractivity contribution in [2.45, 2.75) is 19.9 Å². The molecule has 3 heteroatoms. The molecule has 0 bridgehead atoms. The fourth-order valence-electron chi connectivity index (χ4n) is 0.874. The van der Waals surface area contributed by atoms with Crippen molar-refractivity contribution in [2.75, 3.05) is 6.61 Å². The number of thiophene rings is 1. The molecular formula is C8H13NOS. The standard InChI is InChI=1S/C8H13NOS/c1-5-3-8(7(9)4-10)11-6(5)2/h3,7,10H,4,9H2,1-2H3.